The minimum absolute atomic E-state index is 0.0419. The van der Waals surface area contributed by atoms with E-state index in [-0.39, 0.29) is 17.3 Å². The number of unbranched alkanes of at least 4 members (excludes halogenated alkanes) is 2. The maximum Gasteiger partial charge on any atom is 0.306 e. The molecule has 7 atom stereocenters. The van der Waals surface area contributed by atoms with E-state index in [9.17, 15) is 14.4 Å². The molecule has 3 rings (SSSR count). The van der Waals surface area contributed by atoms with Gasteiger partial charge in [0.25, 0.3) is 0 Å². The lowest BCUT2D eigenvalue weighted by molar-refractivity contribution is -0.236. The Labute approximate surface area is 221 Å². The monoisotopic (exact) mass is 516 g/mol. The fourth-order valence-electron chi connectivity index (χ4n) is 6.70. The Morgan fingerprint density at radius 1 is 1.14 bits per heavy atom. The summed E-state index contributed by atoms with van der Waals surface area (Å²) < 4.78 is 23.5. The molecule has 1 saturated heterocycles. The predicted octanol–water partition coefficient (Wildman–Crippen LogP) is 6.18. The standard InChI is InChI=1S/C30H44O7/c1-8-10-11-12-26(33)36-23-17-24-27(34-21(5)31)37-28(35-22(6)32)30(24)16-14-20(4)29(7,25(30)18-23)15-13-19(3)9-2/h9,17,20,23,25,27-28H,2-3,8,10-16,18H2,1,4-7H3/t20-,23-,25+,27+,28-,29-,30-/m1/s1. The van der Waals surface area contributed by atoms with Crippen molar-refractivity contribution >= 4 is 17.9 Å². The molecule has 0 unspecified atom stereocenters. The van der Waals surface area contributed by atoms with Gasteiger partial charge in [0, 0.05) is 25.8 Å². The van der Waals surface area contributed by atoms with Gasteiger partial charge in [0.15, 0.2) is 0 Å². The van der Waals surface area contributed by atoms with Crippen LogP contribution >= 0.6 is 0 Å². The highest BCUT2D eigenvalue weighted by Crippen LogP contribution is 2.67. The number of rotatable bonds is 11. The lowest BCUT2D eigenvalue weighted by Gasteiger charge is -2.58. The fraction of sp³-hybridized carbons (Fsp3) is 0.700. The Kier molecular flexibility index (Phi) is 9.43. The van der Waals surface area contributed by atoms with E-state index >= 15 is 0 Å². The molecule has 1 spiro atoms. The van der Waals surface area contributed by atoms with Crippen LogP contribution in [-0.2, 0) is 33.3 Å². The van der Waals surface area contributed by atoms with Gasteiger partial charge in [-0.2, -0.15) is 0 Å². The second-order valence-corrected chi connectivity index (χ2v) is 11.3. The van der Waals surface area contributed by atoms with E-state index < -0.39 is 36.0 Å². The predicted molar refractivity (Wildman–Crippen MR) is 140 cm³/mol. The van der Waals surface area contributed by atoms with Crippen LogP contribution in [0.1, 0.15) is 92.4 Å². The Balaban J connectivity index is 2.06. The molecule has 1 heterocycles. The normalized spacial score (nSPS) is 34.4. The van der Waals surface area contributed by atoms with Crippen LogP contribution in [0.25, 0.3) is 0 Å². The van der Waals surface area contributed by atoms with Crippen molar-refractivity contribution in [2.75, 3.05) is 0 Å². The highest BCUT2D eigenvalue weighted by atomic mass is 16.8. The average molecular weight is 517 g/mol. The van der Waals surface area contributed by atoms with Gasteiger partial charge in [-0.15, -0.1) is 0 Å². The number of esters is 3. The van der Waals surface area contributed by atoms with E-state index in [0.717, 1.165) is 56.1 Å². The van der Waals surface area contributed by atoms with E-state index in [2.05, 4.69) is 33.9 Å². The van der Waals surface area contributed by atoms with Crippen molar-refractivity contribution in [3.05, 3.63) is 36.5 Å². The van der Waals surface area contributed by atoms with Crippen LogP contribution in [0, 0.1) is 22.7 Å². The zero-order valence-corrected chi connectivity index (χ0v) is 23.2. The summed E-state index contributed by atoms with van der Waals surface area (Å²) in [5, 5.41) is 0. The van der Waals surface area contributed by atoms with Gasteiger partial charge >= 0.3 is 17.9 Å². The van der Waals surface area contributed by atoms with E-state index in [1.807, 2.05) is 6.08 Å². The summed E-state index contributed by atoms with van der Waals surface area (Å²) in [6.45, 7) is 17.3. The van der Waals surface area contributed by atoms with Crippen molar-refractivity contribution in [3.63, 3.8) is 0 Å². The summed E-state index contributed by atoms with van der Waals surface area (Å²) >= 11 is 0. The highest BCUT2D eigenvalue weighted by Gasteiger charge is 2.67. The van der Waals surface area contributed by atoms with Crippen LogP contribution in [0.3, 0.4) is 0 Å². The molecule has 37 heavy (non-hydrogen) atoms. The Bertz CT molecular complexity index is 936. The molecule has 0 aromatic heterocycles. The fourth-order valence-corrected chi connectivity index (χ4v) is 6.70. The Morgan fingerprint density at radius 3 is 2.46 bits per heavy atom. The summed E-state index contributed by atoms with van der Waals surface area (Å²) in [6.07, 6.45) is 8.30. The third-order valence-corrected chi connectivity index (χ3v) is 8.91. The van der Waals surface area contributed by atoms with Gasteiger partial charge in [0.2, 0.25) is 12.6 Å². The smallest absolute Gasteiger partial charge is 0.306 e. The van der Waals surface area contributed by atoms with Crippen molar-refractivity contribution in [2.24, 2.45) is 22.7 Å². The van der Waals surface area contributed by atoms with Gasteiger partial charge in [-0.25, -0.2) is 0 Å². The molecule has 7 nitrogen and oxygen atoms in total. The van der Waals surface area contributed by atoms with Crippen molar-refractivity contribution in [2.45, 2.75) is 111 Å². The van der Waals surface area contributed by atoms with Gasteiger partial charge in [-0.05, 0) is 61.9 Å². The number of carbonyl (C=O) groups is 3. The third kappa shape index (κ3) is 6.02. The molecule has 1 aliphatic heterocycles. The molecule has 0 amide bonds. The van der Waals surface area contributed by atoms with E-state index in [1.165, 1.54) is 13.8 Å². The van der Waals surface area contributed by atoms with Crippen LogP contribution in [0.2, 0.25) is 0 Å². The average Bonchev–Trinajstić information content (AvgIpc) is 3.11. The number of hydrogen-bond acceptors (Lipinski definition) is 7. The molecule has 1 saturated carbocycles. The van der Waals surface area contributed by atoms with Gasteiger partial charge in [-0.1, -0.05) is 58.4 Å². The van der Waals surface area contributed by atoms with Gasteiger partial charge in [0.1, 0.15) is 6.10 Å². The van der Waals surface area contributed by atoms with Crippen molar-refractivity contribution in [1.82, 2.24) is 0 Å². The lowest BCUT2D eigenvalue weighted by Crippen LogP contribution is -2.57. The minimum atomic E-state index is -0.994. The maximum atomic E-state index is 12.7. The molecule has 3 aliphatic rings. The lowest BCUT2D eigenvalue weighted by atomic mass is 9.46. The maximum absolute atomic E-state index is 12.7. The molecule has 0 bridgehead atoms. The van der Waals surface area contributed by atoms with Crippen LogP contribution in [0.5, 0.6) is 0 Å². The summed E-state index contributed by atoms with van der Waals surface area (Å²) in [7, 11) is 0. The summed E-state index contributed by atoms with van der Waals surface area (Å²) in [6, 6.07) is 0. The SMILES string of the molecule is C=CC(=C)CC[C@]1(C)[C@H](C)CC[C@@]23C(=C[C@@H](OC(=O)CCCCC)C[C@@H]12)[C@@H](OC(C)=O)O[C@H]3OC(C)=O. The molecule has 206 valence electrons. The molecule has 7 heteroatoms. The number of ether oxygens (including phenoxy) is 4. The zero-order chi connectivity index (χ0) is 27.4. The zero-order valence-electron chi connectivity index (χ0n) is 23.2. The first kappa shape index (κ1) is 29.2. The number of carbonyl (C=O) groups excluding carboxylic acids is 3. The van der Waals surface area contributed by atoms with Crippen molar-refractivity contribution in [1.29, 1.82) is 0 Å². The number of allylic oxidation sites excluding steroid dienone is 2. The Hall–Kier alpha value is -2.41. The molecular formula is C30H44O7. The molecule has 2 aliphatic carbocycles. The highest BCUT2D eigenvalue weighted by molar-refractivity contribution is 5.70. The first-order valence-corrected chi connectivity index (χ1v) is 13.7. The minimum Gasteiger partial charge on any atom is -0.458 e. The topological polar surface area (TPSA) is 88.1 Å². The van der Waals surface area contributed by atoms with Crippen molar-refractivity contribution < 1.29 is 33.3 Å². The van der Waals surface area contributed by atoms with Crippen LogP contribution < -0.4 is 0 Å². The molecule has 0 aromatic rings. The van der Waals surface area contributed by atoms with E-state index in [1.54, 1.807) is 6.08 Å². The van der Waals surface area contributed by atoms with Gasteiger partial charge in [0.05, 0.1) is 5.41 Å². The second kappa shape index (κ2) is 12.0. The largest absolute Gasteiger partial charge is 0.458 e. The van der Waals surface area contributed by atoms with Gasteiger partial charge in [-0.3, -0.25) is 19.1 Å². The van der Waals surface area contributed by atoms with Crippen molar-refractivity contribution in [3.8, 4) is 0 Å². The van der Waals surface area contributed by atoms with Crippen LogP contribution in [0.15, 0.2) is 36.5 Å². The molecule has 0 N–H and O–H groups in total. The van der Waals surface area contributed by atoms with Gasteiger partial charge < -0.3 is 14.2 Å². The summed E-state index contributed by atoms with van der Waals surface area (Å²) in [5.41, 5.74) is 0.838. The summed E-state index contributed by atoms with van der Waals surface area (Å²) in [4.78, 5) is 36.9. The second-order valence-electron chi connectivity index (χ2n) is 11.3. The Morgan fingerprint density at radius 2 is 1.84 bits per heavy atom. The first-order valence-electron chi connectivity index (χ1n) is 13.7. The van der Waals surface area contributed by atoms with Crippen LogP contribution in [0.4, 0.5) is 0 Å². The van der Waals surface area contributed by atoms with E-state index in [4.69, 9.17) is 18.9 Å². The quantitative estimate of drug-likeness (QED) is 0.107. The molecular weight excluding hydrogens is 472 g/mol. The van der Waals surface area contributed by atoms with Crippen LogP contribution in [-0.4, -0.2) is 36.6 Å². The summed E-state index contributed by atoms with van der Waals surface area (Å²) in [5.74, 6) is -0.862. The third-order valence-electron chi connectivity index (χ3n) is 8.91. The molecule has 0 radical (unpaired) electrons. The molecule has 2 fully saturated rings. The first-order chi connectivity index (χ1) is 17.5. The molecule has 0 aromatic carbocycles. The van der Waals surface area contributed by atoms with E-state index in [0.29, 0.717) is 18.8 Å². The number of hydrogen-bond donors (Lipinski definition) is 0.